The Hall–Kier alpha value is -3.43. The van der Waals surface area contributed by atoms with Crippen molar-refractivity contribution < 1.29 is 13.2 Å². The molecular weight excluding hydrogens is 474 g/mol. The number of H-pyrrole nitrogens is 1. The van der Waals surface area contributed by atoms with Gasteiger partial charge in [0.1, 0.15) is 4.90 Å². The highest BCUT2D eigenvalue weighted by molar-refractivity contribution is 7.89. The lowest BCUT2D eigenvalue weighted by atomic mass is 9.88. The van der Waals surface area contributed by atoms with Gasteiger partial charge in [-0.05, 0) is 67.0 Å². The molecule has 2 aromatic heterocycles. The van der Waals surface area contributed by atoms with Gasteiger partial charge in [0.2, 0.25) is 15.9 Å². The number of hydrogen-bond acceptors (Lipinski definition) is 4. The van der Waals surface area contributed by atoms with Crippen LogP contribution in [-0.4, -0.2) is 46.5 Å². The normalized spacial score (nSPS) is 15.5. The third-order valence-corrected chi connectivity index (χ3v) is 9.46. The first-order chi connectivity index (χ1) is 17.2. The predicted octanol–water partition coefficient (Wildman–Crippen LogP) is 3.78. The topological polar surface area (TPSA) is 114 Å². The largest absolute Gasteiger partial charge is 0.369 e. The average Bonchev–Trinajstić information content (AvgIpc) is 3.39. The summed E-state index contributed by atoms with van der Waals surface area (Å²) in [4.78, 5) is 15.5. The van der Waals surface area contributed by atoms with Crippen molar-refractivity contribution in [1.82, 2.24) is 19.1 Å². The molecule has 0 aliphatic carbocycles. The summed E-state index contributed by atoms with van der Waals surface area (Å²) in [7, 11) is -1.84. The van der Waals surface area contributed by atoms with Crippen LogP contribution in [-0.2, 0) is 28.3 Å². The quantitative estimate of drug-likeness (QED) is 0.415. The second-order valence-corrected chi connectivity index (χ2v) is 11.5. The zero-order chi connectivity index (χ0) is 25.6. The monoisotopic (exact) mass is 505 g/mol. The molecule has 1 aliphatic heterocycles. The fourth-order valence-corrected chi connectivity index (χ4v) is 7.32. The Labute approximate surface area is 211 Å². The Bertz CT molecular complexity index is 1550. The van der Waals surface area contributed by atoms with Gasteiger partial charge in [-0.2, -0.15) is 9.40 Å². The molecule has 2 aromatic carbocycles. The highest BCUT2D eigenvalue weighted by Gasteiger charge is 2.34. The van der Waals surface area contributed by atoms with E-state index in [1.165, 1.54) is 0 Å². The maximum Gasteiger partial charge on any atom is 0.246 e. The number of carbonyl (C=O) groups is 1. The van der Waals surface area contributed by atoms with Gasteiger partial charge < -0.3 is 10.7 Å². The van der Waals surface area contributed by atoms with Crippen molar-refractivity contribution in [2.75, 3.05) is 13.1 Å². The van der Waals surface area contributed by atoms with Crippen molar-refractivity contribution in [1.29, 1.82) is 0 Å². The Kier molecular flexibility index (Phi) is 6.22. The summed E-state index contributed by atoms with van der Waals surface area (Å²) in [6, 6.07) is 14.2. The predicted molar refractivity (Wildman–Crippen MR) is 140 cm³/mol. The lowest BCUT2D eigenvalue weighted by Gasteiger charge is -2.31. The summed E-state index contributed by atoms with van der Waals surface area (Å²) in [5.74, 6) is -0.175. The number of rotatable bonds is 6. The number of piperidine rings is 1. The van der Waals surface area contributed by atoms with Crippen LogP contribution in [0.25, 0.3) is 22.0 Å². The van der Waals surface area contributed by atoms with Gasteiger partial charge in [0.05, 0.1) is 17.8 Å². The van der Waals surface area contributed by atoms with Crippen LogP contribution < -0.4 is 5.73 Å². The molecular formula is C27H31N5O3S. The van der Waals surface area contributed by atoms with E-state index in [1.807, 2.05) is 42.6 Å². The molecule has 3 heterocycles. The van der Waals surface area contributed by atoms with Crippen LogP contribution in [0, 0.1) is 13.8 Å². The van der Waals surface area contributed by atoms with Crippen LogP contribution in [0.4, 0.5) is 0 Å². The SMILES string of the molecule is Cc1nn(C)c(C)c1S(=O)(=O)N1CCC(c2c[nH]c3c(CC(N)=O)cc(-c4ccccc4)cc23)CC1. The van der Waals surface area contributed by atoms with Crippen molar-refractivity contribution in [2.45, 2.75) is 43.9 Å². The van der Waals surface area contributed by atoms with E-state index in [4.69, 9.17) is 5.73 Å². The van der Waals surface area contributed by atoms with Crippen LogP contribution in [0.15, 0.2) is 53.6 Å². The maximum atomic E-state index is 13.4. The van der Waals surface area contributed by atoms with Gasteiger partial charge >= 0.3 is 0 Å². The van der Waals surface area contributed by atoms with Crippen LogP contribution in [0.1, 0.15) is 41.3 Å². The van der Waals surface area contributed by atoms with E-state index in [-0.39, 0.29) is 18.2 Å². The Morgan fingerprint density at radius 2 is 1.81 bits per heavy atom. The van der Waals surface area contributed by atoms with Crippen molar-refractivity contribution in [3.05, 3.63) is 71.2 Å². The Balaban J connectivity index is 1.46. The second-order valence-electron chi connectivity index (χ2n) is 9.61. The number of nitrogens with one attached hydrogen (secondary N) is 1. The third-order valence-electron chi connectivity index (χ3n) is 7.31. The number of aromatic amines is 1. The molecule has 0 atom stereocenters. The smallest absolute Gasteiger partial charge is 0.246 e. The number of aromatic nitrogens is 3. The fourth-order valence-electron chi connectivity index (χ4n) is 5.45. The molecule has 1 fully saturated rings. The van der Waals surface area contributed by atoms with E-state index < -0.39 is 10.0 Å². The summed E-state index contributed by atoms with van der Waals surface area (Å²) in [5, 5.41) is 5.36. The summed E-state index contributed by atoms with van der Waals surface area (Å²) in [6.45, 7) is 4.42. The van der Waals surface area contributed by atoms with Gasteiger partial charge in [0.25, 0.3) is 0 Å². The molecule has 4 aromatic rings. The Morgan fingerprint density at radius 3 is 2.42 bits per heavy atom. The zero-order valence-electron chi connectivity index (χ0n) is 20.8. The Morgan fingerprint density at radius 1 is 1.11 bits per heavy atom. The van der Waals surface area contributed by atoms with Gasteiger partial charge in [-0.25, -0.2) is 8.42 Å². The van der Waals surface area contributed by atoms with Gasteiger partial charge in [0, 0.05) is 37.2 Å². The first kappa shape index (κ1) is 24.3. The lowest BCUT2D eigenvalue weighted by Crippen LogP contribution is -2.38. The number of fused-ring (bicyclic) bond motifs is 1. The summed E-state index contributed by atoms with van der Waals surface area (Å²) < 4.78 is 30.0. The lowest BCUT2D eigenvalue weighted by molar-refractivity contribution is -0.117. The van der Waals surface area contributed by atoms with Gasteiger partial charge in [-0.3, -0.25) is 9.48 Å². The molecule has 0 bridgehead atoms. The number of carbonyl (C=O) groups excluding carboxylic acids is 1. The van der Waals surface area contributed by atoms with E-state index in [1.54, 1.807) is 29.9 Å². The number of amides is 1. The molecule has 0 spiro atoms. The van der Waals surface area contributed by atoms with E-state index in [0.717, 1.165) is 33.2 Å². The van der Waals surface area contributed by atoms with Crippen LogP contribution in [0.5, 0.6) is 0 Å². The molecule has 188 valence electrons. The molecule has 8 nitrogen and oxygen atoms in total. The molecule has 0 unspecified atom stereocenters. The van der Waals surface area contributed by atoms with Crippen LogP contribution in [0.2, 0.25) is 0 Å². The highest BCUT2D eigenvalue weighted by Crippen LogP contribution is 2.38. The van der Waals surface area contributed by atoms with Crippen molar-refractivity contribution >= 4 is 26.8 Å². The first-order valence-electron chi connectivity index (χ1n) is 12.1. The minimum absolute atomic E-state index is 0.150. The first-order valence-corrected chi connectivity index (χ1v) is 13.6. The molecule has 5 rings (SSSR count). The fraction of sp³-hybridized carbons (Fsp3) is 0.333. The van der Waals surface area contributed by atoms with E-state index in [9.17, 15) is 13.2 Å². The molecule has 1 amide bonds. The van der Waals surface area contributed by atoms with Crippen molar-refractivity contribution in [3.8, 4) is 11.1 Å². The summed E-state index contributed by atoms with van der Waals surface area (Å²) >= 11 is 0. The molecule has 3 N–H and O–H groups in total. The van der Waals surface area contributed by atoms with Gasteiger partial charge in [0.15, 0.2) is 0 Å². The number of sulfonamides is 1. The number of nitrogens with zero attached hydrogens (tertiary/aromatic N) is 3. The molecule has 1 aliphatic rings. The summed E-state index contributed by atoms with van der Waals surface area (Å²) in [5.41, 5.74) is 11.8. The molecule has 9 heteroatoms. The van der Waals surface area contributed by atoms with Crippen LogP contribution >= 0.6 is 0 Å². The summed E-state index contributed by atoms with van der Waals surface area (Å²) in [6.07, 6.45) is 3.59. The van der Waals surface area contributed by atoms with E-state index >= 15 is 0 Å². The average molecular weight is 506 g/mol. The molecule has 36 heavy (non-hydrogen) atoms. The minimum atomic E-state index is -3.61. The zero-order valence-corrected chi connectivity index (χ0v) is 21.6. The molecule has 0 radical (unpaired) electrons. The molecule has 1 saturated heterocycles. The number of aryl methyl sites for hydroxylation is 2. The van der Waals surface area contributed by atoms with Crippen LogP contribution in [0.3, 0.4) is 0 Å². The number of hydrogen-bond donors (Lipinski definition) is 2. The standard InChI is InChI=1S/C27H31N5O3S/c1-17-27(18(2)31(3)30-17)36(34,35)32-11-9-20(10-12-32)24-16-29-26-22(15-25(28)33)13-21(14-23(24)26)19-7-5-4-6-8-19/h4-8,13-14,16,20,29H,9-12,15H2,1-3H3,(H2,28,33). The van der Waals surface area contributed by atoms with Crippen molar-refractivity contribution in [3.63, 3.8) is 0 Å². The molecule has 0 saturated carbocycles. The highest BCUT2D eigenvalue weighted by atomic mass is 32.2. The maximum absolute atomic E-state index is 13.4. The van der Waals surface area contributed by atoms with Crippen molar-refractivity contribution in [2.24, 2.45) is 12.8 Å². The van der Waals surface area contributed by atoms with E-state index in [2.05, 4.69) is 16.1 Å². The number of primary amides is 1. The van der Waals surface area contributed by atoms with Gasteiger partial charge in [-0.15, -0.1) is 0 Å². The number of benzene rings is 2. The van der Waals surface area contributed by atoms with E-state index in [0.29, 0.717) is 42.2 Å². The third kappa shape index (κ3) is 4.22. The second kappa shape index (κ2) is 9.22. The number of nitrogens with two attached hydrogens (primary N) is 1. The van der Waals surface area contributed by atoms with Gasteiger partial charge in [-0.1, -0.05) is 30.3 Å². The minimum Gasteiger partial charge on any atom is -0.369 e.